The minimum absolute atomic E-state index is 0.160. The van der Waals surface area contributed by atoms with Crippen LogP contribution in [0.2, 0.25) is 0 Å². The van der Waals surface area contributed by atoms with Crippen LogP contribution >= 0.6 is 0 Å². The zero-order chi connectivity index (χ0) is 16.1. The molecule has 21 heavy (non-hydrogen) atoms. The first-order valence-corrected chi connectivity index (χ1v) is 7.06. The summed E-state index contributed by atoms with van der Waals surface area (Å²) in [5.74, 6) is 0. The number of aliphatic hydroxyl groups excluding tert-OH is 1. The van der Waals surface area contributed by atoms with Gasteiger partial charge in [-0.1, -0.05) is 39.8 Å². The van der Waals surface area contributed by atoms with Crippen molar-refractivity contribution in [3.8, 4) is 0 Å². The second kappa shape index (κ2) is 4.99. The smallest absolute Gasteiger partial charge is 0.387 e. The summed E-state index contributed by atoms with van der Waals surface area (Å²) in [5, 5.41) is 13.4. The Morgan fingerprint density at radius 1 is 1.10 bits per heavy atom. The molecule has 1 unspecified atom stereocenters. The van der Waals surface area contributed by atoms with Crippen molar-refractivity contribution in [3.05, 3.63) is 35.4 Å². The van der Waals surface area contributed by atoms with E-state index in [-0.39, 0.29) is 10.8 Å². The van der Waals surface area contributed by atoms with Crippen molar-refractivity contribution < 1.29 is 18.3 Å². The van der Waals surface area contributed by atoms with Crippen molar-refractivity contribution in [3.63, 3.8) is 0 Å². The zero-order valence-corrected chi connectivity index (χ0v) is 12.8. The van der Waals surface area contributed by atoms with E-state index in [1.807, 2.05) is 0 Å². The normalized spacial score (nSPS) is 22.1. The Morgan fingerprint density at radius 3 is 1.95 bits per heavy atom. The Hall–Kier alpha value is -1.07. The molecule has 1 aromatic rings. The van der Waals surface area contributed by atoms with E-state index in [4.69, 9.17) is 0 Å². The van der Waals surface area contributed by atoms with Crippen LogP contribution in [-0.2, 0) is 6.18 Å². The second-order valence-electron chi connectivity index (χ2n) is 6.92. The van der Waals surface area contributed by atoms with Crippen LogP contribution in [0.5, 0.6) is 0 Å². The number of hydrogen-bond donors (Lipinski definition) is 2. The first-order chi connectivity index (χ1) is 9.48. The highest BCUT2D eigenvalue weighted by Crippen LogP contribution is 2.62. The Morgan fingerprint density at radius 2 is 1.57 bits per heavy atom. The number of benzene rings is 1. The topological polar surface area (TPSA) is 32.3 Å². The molecule has 1 fully saturated rings. The lowest BCUT2D eigenvalue weighted by atomic mass is 10.0. The Kier molecular flexibility index (Phi) is 3.87. The van der Waals surface area contributed by atoms with Gasteiger partial charge in [0, 0.05) is 12.6 Å². The van der Waals surface area contributed by atoms with Crippen molar-refractivity contribution in [2.75, 3.05) is 6.54 Å². The maximum absolute atomic E-state index is 12.5. The van der Waals surface area contributed by atoms with E-state index in [9.17, 15) is 18.3 Å². The van der Waals surface area contributed by atoms with Gasteiger partial charge in [0.05, 0.1) is 11.7 Å². The fraction of sp³-hybridized carbons (Fsp3) is 0.625. The molecular weight excluding hydrogens is 279 g/mol. The van der Waals surface area contributed by atoms with E-state index in [1.54, 1.807) is 0 Å². The molecule has 0 saturated heterocycles. The van der Waals surface area contributed by atoms with Crippen molar-refractivity contribution in [2.45, 2.75) is 46.0 Å². The van der Waals surface area contributed by atoms with E-state index in [0.29, 0.717) is 18.2 Å². The highest BCUT2D eigenvalue weighted by molar-refractivity contribution is 5.26. The highest BCUT2D eigenvalue weighted by Gasteiger charge is 2.64. The van der Waals surface area contributed by atoms with Gasteiger partial charge in [0.25, 0.3) is 0 Å². The van der Waals surface area contributed by atoms with Crippen LogP contribution in [-0.4, -0.2) is 17.7 Å². The van der Waals surface area contributed by atoms with Gasteiger partial charge in [0.2, 0.25) is 0 Å². The van der Waals surface area contributed by atoms with Crippen LogP contribution in [0.3, 0.4) is 0 Å². The van der Waals surface area contributed by atoms with E-state index in [0.717, 1.165) is 12.1 Å². The van der Waals surface area contributed by atoms with Gasteiger partial charge in [-0.2, -0.15) is 13.2 Å². The number of halogens is 3. The summed E-state index contributed by atoms with van der Waals surface area (Å²) in [6.07, 6.45) is -5.15. The SMILES string of the molecule is CC1(C)C(NCC(O)c2ccc(C(F)(F)F)cc2)C1(C)C. The second-order valence-corrected chi connectivity index (χ2v) is 6.92. The van der Waals surface area contributed by atoms with E-state index < -0.39 is 17.8 Å². The molecule has 0 amide bonds. The summed E-state index contributed by atoms with van der Waals surface area (Å²) in [5.41, 5.74) is 0.113. The Balaban J connectivity index is 1.94. The molecule has 2 nitrogen and oxygen atoms in total. The number of aliphatic hydroxyl groups is 1. The standard InChI is InChI=1S/C16H22F3NO/c1-14(2)13(15(14,3)4)20-9-12(21)10-5-7-11(8-6-10)16(17,18)19/h5-8,12-13,20-21H,9H2,1-4H3. The molecule has 0 radical (unpaired) electrons. The van der Waals surface area contributed by atoms with Gasteiger partial charge in [-0.15, -0.1) is 0 Å². The molecule has 1 aromatic carbocycles. The molecule has 2 N–H and O–H groups in total. The van der Waals surface area contributed by atoms with Crippen LogP contribution in [0.25, 0.3) is 0 Å². The Bertz CT molecular complexity index is 491. The predicted molar refractivity (Wildman–Crippen MR) is 75.8 cm³/mol. The summed E-state index contributed by atoms with van der Waals surface area (Å²) >= 11 is 0. The average molecular weight is 301 g/mol. The van der Waals surface area contributed by atoms with Gasteiger partial charge in [0.15, 0.2) is 0 Å². The molecule has 0 aliphatic heterocycles. The Labute approximate surface area is 123 Å². The molecule has 1 atom stereocenters. The minimum atomic E-state index is -4.34. The summed E-state index contributed by atoms with van der Waals surface area (Å²) in [6, 6.07) is 4.97. The number of alkyl halides is 3. The first kappa shape index (κ1) is 16.3. The third-order valence-electron chi connectivity index (χ3n) is 5.16. The average Bonchev–Trinajstić information content (AvgIpc) is 2.76. The third-order valence-corrected chi connectivity index (χ3v) is 5.16. The lowest BCUT2D eigenvalue weighted by Gasteiger charge is -2.14. The van der Waals surface area contributed by atoms with Crippen molar-refractivity contribution >= 4 is 0 Å². The van der Waals surface area contributed by atoms with E-state index >= 15 is 0 Å². The minimum Gasteiger partial charge on any atom is -0.387 e. The lowest BCUT2D eigenvalue weighted by Crippen LogP contribution is -2.27. The van der Waals surface area contributed by atoms with E-state index in [1.165, 1.54) is 12.1 Å². The van der Waals surface area contributed by atoms with Crippen LogP contribution in [0.15, 0.2) is 24.3 Å². The van der Waals surface area contributed by atoms with Gasteiger partial charge >= 0.3 is 6.18 Å². The molecule has 0 bridgehead atoms. The van der Waals surface area contributed by atoms with Crippen LogP contribution < -0.4 is 5.32 Å². The van der Waals surface area contributed by atoms with Gasteiger partial charge < -0.3 is 10.4 Å². The molecular formula is C16H22F3NO. The maximum atomic E-state index is 12.5. The highest BCUT2D eigenvalue weighted by atomic mass is 19.4. The van der Waals surface area contributed by atoms with Crippen LogP contribution in [0.1, 0.15) is 44.9 Å². The molecule has 1 saturated carbocycles. The molecule has 0 aromatic heterocycles. The fourth-order valence-electron chi connectivity index (χ4n) is 2.95. The molecule has 0 heterocycles. The quantitative estimate of drug-likeness (QED) is 0.887. The van der Waals surface area contributed by atoms with Crippen molar-refractivity contribution in [2.24, 2.45) is 10.8 Å². The number of hydrogen-bond acceptors (Lipinski definition) is 2. The van der Waals surface area contributed by atoms with E-state index in [2.05, 4.69) is 33.0 Å². The summed E-state index contributed by atoms with van der Waals surface area (Å²) in [4.78, 5) is 0. The van der Waals surface area contributed by atoms with Crippen LogP contribution in [0.4, 0.5) is 13.2 Å². The first-order valence-electron chi connectivity index (χ1n) is 7.06. The van der Waals surface area contributed by atoms with Crippen LogP contribution in [0, 0.1) is 10.8 Å². The molecule has 118 valence electrons. The van der Waals surface area contributed by atoms with Crippen molar-refractivity contribution in [1.29, 1.82) is 0 Å². The fourth-order valence-corrected chi connectivity index (χ4v) is 2.95. The monoisotopic (exact) mass is 301 g/mol. The maximum Gasteiger partial charge on any atom is 0.416 e. The predicted octanol–water partition coefficient (Wildman–Crippen LogP) is 3.76. The molecule has 0 spiro atoms. The number of nitrogens with one attached hydrogen (secondary N) is 1. The molecule has 1 aliphatic rings. The summed E-state index contributed by atoms with van der Waals surface area (Å²) in [7, 11) is 0. The van der Waals surface area contributed by atoms with Crippen molar-refractivity contribution in [1.82, 2.24) is 5.32 Å². The summed E-state index contributed by atoms with van der Waals surface area (Å²) in [6.45, 7) is 8.98. The van der Waals surface area contributed by atoms with Gasteiger partial charge in [0.1, 0.15) is 0 Å². The summed E-state index contributed by atoms with van der Waals surface area (Å²) < 4.78 is 37.4. The van der Waals surface area contributed by atoms with Gasteiger partial charge in [-0.25, -0.2) is 0 Å². The zero-order valence-electron chi connectivity index (χ0n) is 12.8. The van der Waals surface area contributed by atoms with Gasteiger partial charge in [-0.05, 0) is 28.5 Å². The lowest BCUT2D eigenvalue weighted by molar-refractivity contribution is -0.137. The largest absolute Gasteiger partial charge is 0.416 e. The molecule has 1 aliphatic carbocycles. The molecule has 5 heteroatoms. The number of rotatable bonds is 4. The third kappa shape index (κ3) is 2.94. The van der Waals surface area contributed by atoms with Gasteiger partial charge in [-0.3, -0.25) is 0 Å². The molecule has 2 rings (SSSR count).